The molecule has 0 fully saturated rings. The molecule has 1 aromatic heterocycles. The lowest BCUT2D eigenvalue weighted by atomic mass is 10.1. The highest BCUT2D eigenvalue weighted by Gasteiger charge is 2.15. The first-order chi connectivity index (χ1) is 16.4. The number of likely N-dealkylation sites (N-methyl/N-ethyl adjacent to an activating group) is 1. The number of nitrogens with one attached hydrogen (secondary N) is 2. The zero-order chi connectivity index (χ0) is 24.7. The SMILES string of the molecule is CCOc1cc2ncc(C#N)c(Nc3ccc(OC)c(Cl)c3)c2cc1NC(=O)/C=C/CN(C)C. The third kappa shape index (κ3) is 5.95. The van der Waals surface area contributed by atoms with Crippen LogP contribution >= 0.6 is 11.6 Å². The van der Waals surface area contributed by atoms with E-state index in [-0.39, 0.29) is 5.91 Å². The van der Waals surface area contributed by atoms with Gasteiger partial charge in [0.25, 0.3) is 0 Å². The summed E-state index contributed by atoms with van der Waals surface area (Å²) in [4.78, 5) is 18.9. The van der Waals surface area contributed by atoms with Crippen LogP contribution in [-0.4, -0.2) is 50.1 Å². The molecule has 0 atom stereocenters. The van der Waals surface area contributed by atoms with Gasteiger partial charge in [-0.15, -0.1) is 0 Å². The summed E-state index contributed by atoms with van der Waals surface area (Å²) < 4.78 is 11.0. The van der Waals surface area contributed by atoms with Crippen LogP contribution in [0.1, 0.15) is 12.5 Å². The quantitative estimate of drug-likeness (QED) is 0.418. The fourth-order valence-electron chi connectivity index (χ4n) is 3.25. The molecule has 3 aromatic rings. The number of methoxy groups -OCH3 is 1. The van der Waals surface area contributed by atoms with Crippen molar-refractivity contribution in [3.63, 3.8) is 0 Å². The van der Waals surface area contributed by atoms with E-state index in [1.807, 2.05) is 25.9 Å². The Kier molecular flexibility index (Phi) is 8.30. The number of amides is 1. The average molecular weight is 480 g/mol. The number of hydrogen-bond acceptors (Lipinski definition) is 7. The summed E-state index contributed by atoms with van der Waals surface area (Å²) in [5, 5.41) is 16.9. The predicted octanol–water partition coefficient (Wildman–Crippen LogP) is 4.97. The number of anilines is 3. The highest BCUT2D eigenvalue weighted by Crippen LogP contribution is 2.37. The molecular formula is C25H26ClN5O3. The second-order valence-electron chi connectivity index (χ2n) is 7.59. The summed E-state index contributed by atoms with van der Waals surface area (Å²) in [5.74, 6) is 0.740. The Balaban J connectivity index is 2.06. The number of hydrogen-bond donors (Lipinski definition) is 2. The first-order valence-electron chi connectivity index (χ1n) is 10.6. The summed E-state index contributed by atoms with van der Waals surface area (Å²) in [6.07, 6.45) is 4.74. The molecule has 34 heavy (non-hydrogen) atoms. The molecule has 3 rings (SSSR count). The minimum atomic E-state index is -0.289. The topological polar surface area (TPSA) is 99.5 Å². The van der Waals surface area contributed by atoms with Crippen LogP contribution in [0.4, 0.5) is 17.1 Å². The Labute approximate surface area is 203 Å². The summed E-state index contributed by atoms with van der Waals surface area (Å²) in [7, 11) is 5.38. The van der Waals surface area contributed by atoms with Crippen molar-refractivity contribution >= 4 is 45.5 Å². The van der Waals surface area contributed by atoms with Gasteiger partial charge in [0.05, 0.1) is 41.2 Å². The van der Waals surface area contributed by atoms with Crippen molar-refractivity contribution in [2.45, 2.75) is 6.92 Å². The van der Waals surface area contributed by atoms with Crippen LogP contribution in [0.3, 0.4) is 0 Å². The molecule has 176 valence electrons. The second kappa shape index (κ2) is 11.4. The first-order valence-corrected chi connectivity index (χ1v) is 11.0. The number of nitrogens with zero attached hydrogens (tertiary/aromatic N) is 3. The monoisotopic (exact) mass is 479 g/mol. The lowest BCUT2D eigenvalue weighted by Gasteiger charge is -2.16. The Morgan fingerprint density at radius 2 is 2.06 bits per heavy atom. The van der Waals surface area contributed by atoms with Gasteiger partial charge in [-0.25, -0.2) is 0 Å². The van der Waals surface area contributed by atoms with Crippen LogP contribution in [0, 0.1) is 11.3 Å². The highest BCUT2D eigenvalue weighted by molar-refractivity contribution is 6.32. The second-order valence-corrected chi connectivity index (χ2v) is 7.99. The van der Waals surface area contributed by atoms with E-state index in [9.17, 15) is 10.1 Å². The molecule has 0 unspecified atom stereocenters. The van der Waals surface area contributed by atoms with Gasteiger partial charge in [-0.05, 0) is 45.3 Å². The molecule has 0 aliphatic heterocycles. The van der Waals surface area contributed by atoms with Gasteiger partial charge in [-0.2, -0.15) is 5.26 Å². The average Bonchev–Trinajstić information content (AvgIpc) is 2.80. The van der Waals surface area contributed by atoms with Crippen molar-refractivity contribution in [2.75, 3.05) is 45.0 Å². The van der Waals surface area contributed by atoms with E-state index >= 15 is 0 Å². The van der Waals surface area contributed by atoms with E-state index in [1.165, 1.54) is 12.3 Å². The van der Waals surface area contributed by atoms with Gasteiger partial charge in [0, 0.05) is 36.0 Å². The van der Waals surface area contributed by atoms with Gasteiger partial charge in [-0.1, -0.05) is 17.7 Å². The van der Waals surface area contributed by atoms with Gasteiger partial charge >= 0.3 is 0 Å². The van der Waals surface area contributed by atoms with E-state index in [2.05, 4.69) is 21.7 Å². The molecule has 1 heterocycles. The maximum absolute atomic E-state index is 12.5. The van der Waals surface area contributed by atoms with Crippen molar-refractivity contribution in [2.24, 2.45) is 0 Å². The van der Waals surface area contributed by atoms with Crippen LogP contribution < -0.4 is 20.1 Å². The maximum atomic E-state index is 12.5. The van der Waals surface area contributed by atoms with E-state index in [4.69, 9.17) is 21.1 Å². The Morgan fingerprint density at radius 1 is 1.26 bits per heavy atom. The summed E-state index contributed by atoms with van der Waals surface area (Å²) in [6.45, 7) is 2.91. The van der Waals surface area contributed by atoms with E-state index in [1.54, 1.807) is 43.5 Å². The standard InChI is InChI=1S/C25H26ClN5O3/c1-5-34-23-13-20-18(12-21(23)30-24(32)7-6-10-31(2)3)25(16(14-27)15-28-20)29-17-8-9-22(33-4)19(26)11-17/h6-9,11-13,15H,5,10H2,1-4H3,(H,28,29)(H,30,32)/b7-6+. The molecule has 0 spiro atoms. The molecule has 0 radical (unpaired) electrons. The number of nitriles is 1. The van der Waals surface area contributed by atoms with Crippen molar-refractivity contribution in [3.05, 3.63) is 59.3 Å². The first kappa shape index (κ1) is 24.8. The Morgan fingerprint density at radius 3 is 2.71 bits per heavy atom. The maximum Gasteiger partial charge on any atom is 0.248 e. The molecular weight excluding hydrogens is 454 g/mol. The largest absolute Gasteiger partial charge is 0.495 e. The fourth-order valence-corrected chi connectivity index (χ4v) is 3.50. The van der Waals surface area contributed by atoms with Crippen molar-refractivity contribution in [1.29, 1.82) is 5.26 Å². The fraction of sp³-hybridized carbons (Fsp3) is 0.240. The molecule has 0 bridgehead atoms. The van der Waals surface area contributed by atoms with Crippen LogP contribution in [0.2, 0.25) is 5.02 Å². The normalized spacial score (nSPS) is 11.0. The van der Waals surface area contributed by atoms with Gasteiger partial charge in [0.15, 0.2) is 0 Å². The van der Waals surface area contributed by atoms with Crippen LogP contribution in [0.5, 0.6) is 11.5 Å². The lowest BCUT2D eigenvalue weighted by molar-refractivity contribution is -0.111. The number of fused-ring (bicyclic) bond motifs is 1. The number of aromatic nitrogens is 1. The number of halogens is 1. The van der Waals surface area contributed by atoms with Crippen LogP contribution in [-0.2, 0) is 4.79 Å². The zero-order valence-electron chi connectivity index (χ0n) is 19.5. The molecule has 0 saturated carbocycles. The Bertz CT molecular complexity index is 1270. The van der Waals surface area contributed by atoms with Crippen LogP contribution in [0.25, 0.3) is 10.9 Å². The van der Waals surface area contributed by atoms with Crippen molar-refractivity contribution < 1.29 is 14.3 Å². The summed E-state index contributed by atoms with van der Waals surface area (Å²) in [6, 6.07) is 10.9. The number of rotatable bonds is 9. The lowest BCUT2D eigenvalue weighted by Crippen LogP contribution is -2.13. The number of carbonyl (C=O) groups is 1. The number of benzene rings is 2. The minimum absolute atomic E-state index is 0.289. The predicted molar refractivity (Wildman–Crippen MR) is 135 cm³/mol. The number of pyridine rings is 1. The van der Waals surface area contributed by atoms with E-state index < -0.39 is 0 Å². The third-order valence-corrected chi connectivity index (χ3v) is 5.10. The third-order valence-electron chi connectivity index (χ3n) is 4.81. The van der Waals surface area contributed by atoms with Crippen LogP contribution in [0.15, 0.2) is 48.7 Å². The Hall–Kier alpha value is -3.80. The molecule has 8 nitrogen and oxygen atoms in total. The number of carbonyl (C=O) groups excluding carboxylic acids is 1. The molecule has 2 N–H and O–H groups in total. The molecule has 9 heteroatoms. The van der Waals surface area contributed by atoms with E-state index in [0.717, 1.165) is 0 Å². The van der Waals surface area contributed by atoms with Crippen molar-refractivity contribution in [1.82, 2.24) is 9.88 Å². The summed E-state index contributed by atoms with van der Waals surface area (Å²) >= 11 is 6.27. The molecule has 0 aliphatic rings. The van der Waals surface area contributed by atoms with Gasteiger partial charge in [0.1, 0.15) is 17.6 Å². The minimum Gasteiger partial charge on any atom is -0.495 e. The van der Waals surface area contributed by atoms with Gasteiger partial charge in [-0.3, -0.25) is 9.78 Å². The van der Waals surface area contributed by atoms with Gasteiger partial charge < -0.3 is 25.0 Å². The summed E-state index contributed by atoms with van der Waals surface area (Å²) in [5.41, 5.74) is 2.62. The molecule has 2 aromatic carbocycles. The smallest absolute Gasteiger partial charge is 0.248 e. The number of ether oxygens (including phenoxy) is 2. The molecule has 1 amide bonds. The van der Waals surface area contributed by atoms with E-state index in [0.29, 0.717) is 63.2 Å². The molecule has 0 saturated heterocycles. The highest BCUT2D eigenvalue weighted by atomic mass is 35.5. The zero-order valence-corrected chi connectivity index (χ0v) is 20.2. The van der Waals surface area contributed by atoms with Crippen molar-refractivity contribution in [3.8, 4) is 17.6 Å². The van der Waals surface area contributed by atoms with Gasteiger partial charge in [0.2, 0.25) is 5.91 Å². The molecule has 0 aliphatic carbocycles.